The molecule has 1 nitrogen and oxygen atoms in total. The summed E-state index contributed by atoms with van der Waals surface area (Å²) < 4.78 is 13.1. The van der Waals surface area contributed by atoms with Crippen molar-refractivity contribution in [3.05, 3.63) is 59.2 Å². The zero-order chi connectivity index (χ0) is 15.2. The molecule has 1 atom stereocenters. The first-order chi connectivity index (χ1) is 10.1. The molecular weight excluding hydrogens is 281 g/mol. The number of aliphatic imine (C=N–C) groups is 1. The first kappa shape index (κ1) is 15.8. The molecule has 0 saturated heterocycles. The zero-order valence-corrected chi connectivity index (χ0v) is 13.3. The lowest BCUT2D eigenvalue weighted by molar-refractivity contribution is 0.374. The molecule has 0 spiro atoms. The molecule has 0 radical (unpaired) electrons. The van der Waals surface area contributed by atoms with E-state index in [9.17, 15) is 4.39 Å². The molecule has 2 aromatic carbocycles. The fraction of sp³-hybridized carbons (Fsp3) is 0.278. The number of hydrogen-bond donors (Lipinski definition) is 0. The molecule has 0 aromatic heterocycles. The number of nitrogens with zero attached hydrogens (tertiary/aromatic N) is 1. The summed E-state index contributed by atoms with van der Waals surface area (Å²) in [5.74, 6) is 0.969. The second-order valence-corrected chi connectivity index (χ2v) is 6.22. The minimum absolute atomic E-state index is 0.739. The van der Waals surface area contributed by atoms with Crippen molar-refractivity contribution < 1.29 is 4.39 Å². The molecule has 21 heavy (non-hydrogen) atoms. The second-order valence-electron chi connectivity index (χ2n) is 5.09. The highest BCUT2D eigenvalue weighted by molar-refractivity contribution is 7.99. The Morgan fingerprint density at radius 3 is 2.52 bits per heavy atom. The summed E-state index contributed by atoms with van der Waals surface area (Å²) in [5, 5.41) is 0. The van der Waals surface area contributed by atoms with Crippen LogP contribution in [0, 0.1) is 6.92 Å². The number of alkyl halides is 1. The Bertz CT molecular complexity index is 605. The molecule has 0 heterocycles. The molecule has 0 fully saturated rings. The van der Waals surface area contributed by atoms with Crippen LogP contribution in [0.2, 0.25) is 0 Å². The van der Waals surface area contributed by atoms with Crippen molar-refractivity contribution in [1.29, 1.82) is 0 Å². The maximum Gasteiger partial charge on any atom is 0.122 e. The molecule has 2 aromatic rings. The standard InChI is InChI=1S/C18H20FNS/c1-13-4-9-17(20-3)18(12-13)21-11-10-15-5-7-16(8-6-15)14(2)19/h4-9,12,14H,3,10-11H2,1-2H3. The smallest absolute Gasteiger partial charge is 0.122 e. The Morgan fingerprint density at radius 2 is 1.90 bits per heavy atom. The molecular formula is C18H20FNS. The lowest BCUT2D eigenvalue weighted by Crippen LogP contribution is -1.91. The van der Waals surface area contributed by atoms with Gasteiger partial charge in [0.25, 0.3) is 0 Å². The molecule has 0 aliphatic heterocycles. The minimum atomic E-state index is -0.901. The van der Waals surface area contributed by atoms with Gasteiger partial charge in [-0.25, -0.2) is 4.39 Å². The predicted octanol–water partition coefficient (Wildman–Crippen LogP) is 5.69. The van der Waals surface area contributed by atoms with Crippen LogP contribution in [-0.4, -0.2) is 12.5 Å². The van der Waals surface area contributed by atoms with Gasteiger partial charge in [-0.1, -0.05) is 30.3 Å². The Kier molecular flexibility index (Phi) is 5.57. The van der Waals surface area contributed by atoms with Crippen LogP contribution < -0.4 is 0 Å². The van der Waals surface area contributed by atoms with Crippen LogP contribution in [0.3, 0.4) is 0 Å². The van der Waals surface area contributed by atoms with Gasteiger partial charge in [0, 0.05) is 10.6 Å². The van der Waals surface area contributed by atoms with E-state index in [4.69, 9.17) is 0 Å². The van der Waals surface area contributed by atoms with Crippen LogP contribution in [0.4, 0.5) is 10.1 Å². The summed E-state index contributed by atoms with van der Waals surface area (Å²) in [4.78, 5) is 5.22. The molecule has 0 N–H and O–H groups in total. The van der Waals surface area contributed by atoms with Gasteiger partial charge in [0.05, 0.1) is 5.69 Å². The molecule has 0 saturated carbocycles. The van der Waals surface area contributed by atoms with Crippen LogP contribution in [0.1, 0.15) is 29.8 Å². The van der Waals surface area contributed by atoms with Gasteiger partial charge in [-0.15, -0.1) is 11.8 Å². The number of halogens is 1. The normalized spacial score (nSPS) is 12.1. The quantitative estimate of drug-likeness (QED) is 0.493. The average Bonchev–Trinajstić information content (AvgIpc) is 2.48. The molecule has 0 amide bonds. The molecule has 1 unspecified atom stereocenters. The molecule has 110 valence electrons. The van der Waals surface area contributed by atoms with Crippen LogP contribution in [0.5, 0.6) is 0 Å². The lowest BCUT2D eigenvalue weighted by Gasteiger charge is -2.07. The van der Waals surface area contributed by atoms with Crippen molar-refractivity contribution in [1.82, 2.24) is 0 Å². The van der Waals surface area contributed by atoms with Crippen LogP contribution in [0.25, 0.3) is 0 Å². The first-order valence-corrected chi connectivity index (χ1v) is 8.02. The van der Waals surface area contributed by atoms with Gasteiger partial charge in [0.2, 0.25) is 0 Å². The summed E-state index contributed by atoms with van der Waals surface area (Å²) in [5.41, 5.74) is 4.13. The summed E-state index contributed by atoms with van der Waals surface area (Å²) >= 11 is 1.78. The van der Waals surface area contributed by atoms with Gasteiger partial charge < -0.3 is 0 Å². The van der Waals surface area contributed by atoms with E-state index in [0.29, 0.717) is 0 Å². The third-order valence-electron chi connectivity index (χ3n) is 3.37. The third kappa shape index (κ3) is 4.43. The van der Waals surface area contributed by atoms with Crippen molar-refractivity contribution in [2.45, 2.75) is 31.3 Å². The second kappa shape index (κ2) is 7.41. The van der Waals surface area contributed by atoms with E-state index in [1.54, 1.807) is 18.7 Å². The van der Waals surface area contributed by atoms with E-state index in [1.807, 2.05) is 36.4 Å². The number of thioether (sulfide) groups is 1. The zero-order valence-electron chi connectivity index (χ0n) is 12.5. The third-order valence-corrected chi connectivity index (χ3v) is 4.42. The fourth-order valence-electron chi connectivity index (χ4n) is 2.10. The van der Waals surface area contributed by atoms with Crippen molar-refractivity contribution in [2.24, 2.45) is 4.99 Å². The molecule has 0 aliphatic carbocycles. The van der Waals surface area contributed by atoms with Crippen LogP contribution in [0.15, 0.2) is 52.4 Å². The molecule has 0 bridgehead atoms. The largest absolute Gasteiger partial charge is 0.263 e. The topological polar surface area (TPSA) is 12.4 Å². The summed E-state index contributed by atoms with van der Waals surface area (Å²) in [6.45, 7) is 7.25. The van der Waals surface area contributed by atoms with Gasteiger partial charge in [-0.3, -0.25) is 4.99 Å². The SMILES string of the molecule is C=Nc1ccc(C)cc1SCCc1ccc(C(C)F)cc1. The van der Waals surface area contributed by atoms with Crippen molar-refractivity contribution in [2.75, 3.05) is 5.75 Å². The summed E-state index contributed by atoms with van der Waals surface area (Å²) in [6, 6.07) is 13.9. The summed E-state index contributed by atoms with van der Waals surface area (Å²) in [6.07, 6.45) is 0.0535. The number of hydrogen-bond acceptors (Lipinski definition) is 2. The van der Waals surface area contributed by atoms with E-state index in [-0.39, 0.29) is 0 Å². The van der Waals surface area contributed by atoms with Gasteiger partial charge in [0.15, 0.2) is 0 Å². The Hall–Kier alpha value is -1.61. The van der Waals surface area contributed by atoms with E-state index in [1.165, 1.54) is 16.0 Å². The maximum absolute atomic E-state index is 13.1. The van der Waals surface area contributed by atoms with E-state index in [2.05, 4.69) is 24.7 Å². The van der Waals surface area contributed by atoms with Gasteiger partial charge in [0.1, 0.15) is 6.17 Å². The van der Waals surface area contributed by atoms with E-state index >= 15 is 0 Å². The highest BCUT2D eigenvalue weighted by atomic mass is 32.2. The van der Waals surface area contributed by atoms with E-state index in [0.717, 1.165) is 23.4 Å². The van der Waals surface area contributed by atoms with Crippen molar-refractivity contribution in [3.63, 3.8) is 0 Å². The van der Waals surface area contributed by atoms with Gasteiger partial charge in [-0.2, -0.15) is 0 Å². The van der Waals surface area contributed by atoms with Crippen molar-refractivity contribution in [3.8, 4) is 0 Å². The summed E-state index contributed by atoms with van der Waals surface area (Å²) in [7, 11) is 0. The van der Waals surface area contributed by atoms with Crippen molar-refractivity contribution >= 4 is 24.2 Å². The lowest BCUT2D eigenvalue weighted by atomic mass is 10.1. The molecule has 0 aliphatic rings. The van der Waals surface area contributed by atoms with Crippen LogP contribution >= 0.6 is 11.8 Å². The molecule has 3 heteroatoms. The Balaban J connectivity index is 1.95. The monoisotopic (exact) mass is 301 g/mol. The van der Waals surface area contributed by atoms with Gasteiger partial charge in [-0.05, 0) is 55.8 Å². The van der Waals surface area contributed by atoms with Gasteiger partial charge >= 0.3 is 0 Å². The Labute approximate surface area is 130 Å². The fourth-order valence-corrected chi connectivity index (χ4v) is 3.20. The Morgan fingerprint density at radius 1 is 1.19 bits per heavy atom. The highest BCUT2D eigenvalue weighted by Crippen LogP contribution is 2.30. The number of benzene rings is 2. The van der Waals surface area contributed by atoms with E-state index < -0.39 is 6.17 Å². The minimum Gasteiger partial charge on any atom is -0.263 e. The number of aryl methyl sites for hydroxylation is 2. The molecule has 2 rings (SSSR count). The first-order valence-electron chi connectivity index (χ1n) is 7.03. The van der Waals surface area contributed by atoms with Crippen LogP contribution in [-0.2, 0) is 6.42 Å². The predicted molar refractivity (Wildman–Crippen MR) is 90.8 cm³/mol. The number of rotatable bonds is 6. The average molecular weight is 301 g/mol. The highest BCUT2D eigenvalue weighted by Gasteiger charge is 2.04. The maximum atomic E-state index is 13.1.